The molecule has 1 heterocycles. The number of hydrogen-bond acceptors (Lipinski definition) is 3. The first-order chi connectivity index (χ1) is 9.38. The highest BCUT2D eigenvalue weighted by Gasteiger charge is 2.25. The second kappa shape index (κ2) is 5.57. The molecule has 1 aliphatic rings. The van der Waals surface area contributed by atoms with Gasteiger partial charge in [0.1, 0.15) is 5.82 Å². The lowest BCUT2D eigenvalue weighted by atomic mass is 9.96. The minimum Gasteiger partial charge on any atom is -0.369 e. The Balaban J connectivity index is 1.75. The van der Waals surface area contributed by atoms with Gasteiger partial charge in [0.05, 0.1) is 0 Å². The lowest BCUT2D eigenvalue weighted by Gasteiger charge is -2.19. The van der Waals surface area contributed by atoms with E-state index < -0.39 is 0 Å². The molecule has 3 rings (SSSR count). The van der Waals surface area contributed by atoms with E-state index in [4.69, 9.17) is 5.73 Å². The molecule has 1 aromatic carbocycles. The third-order valence-electron chi connectivity index (χ3n) is 4.32. The molecule has 3 nitrogen and oxygen atoms in total. The number of fused-ring (bicyclic) bond motifs is 1. The molecule has 2 aromatic rings. The van der Waals surface area contributed by atoms with Crippen molar-refractivity contribution in [3.63, 3.8) is 0 Å². The summed E-state index contributed by atoms with van der Waals surface area (Å²) in [6, 6.07) is 10.4. The fourth-order valence-corrected chi connectivity index (χ4v) is 3.18. The van der Waals surface area contributed by atoms with Crippen LogP contribution in [0.15, 0.2) is 36.5 Å². The maximum atomic E-state index is 5.84. The van der Waals surface area contributed by atoms with Gasteiger partial charge in [0.25, 0.3) is 0 Å². The molecule has 3 N–H and O–H groups in total. The van der Waals surface area contributed by atoms with Crippen molar-refractivity contribution < 1.29 is 0 Å². The third-order valence-corrected chi connectivity index (χ3v) is 4.32. The minimum atomic E-state index is 0.683. The summed E-state index contributed by atoms with van der Waals surface area (Å²) in [5.74, 6) is 2.38. The Kier molecular flexibility index (Phi) is 3.65. The summed E-state index contributed by atoms with van der Waals surface area (Å²) in [6.45, 7) is 1.80. The Morgan fingerprint density at radius 3 is 2.89 bits per heavy atom. The van der Waals surface area contributed by atoms with Crippen molar-refractivity contribution in [3.05, 3.63) is 36.5 Å². The van der Waals surface area contributed by atoms with E-state index in [2.05, 4.69) is 40.6 Å². The van der Waals surface area contributed by atoms with Crippen LogP contribution in [0.25, 0.3) is 10.8 Å². The van der Waals surface area contributed by atoms with Gasteiger partial charge in [-0.2, -0.15) is 0 Å². The van der Waals surface area contributed by atoms with Crippen LogP contribution in [-0.4, -0.2) is 18.1 Å². The van der Waals surface area contributed by atoms with Crippen molar-refractivity contribution in [1.82, 2.24) is 4.98 Å². The van der Waals surface area contributed by atoms with Crippen LogP contribution in [-0.2, 0) is 0 Å². The van der Waals surface area contributed by atoms with Gasteiger partial charge < -0.3 is 11.1 Å². The molecule has 1 aliphatic carbocycles. The first kappa shape index (κ1) is 12.4. The van der Waals surface area contributed by atoms with Gasteiger partial charge in [0.2, 0.25) is 0 Å². The van der Waals surface area contributed by atoms with Gasteiger partial charge in [-0.05, 0) is 42.7 Å². The molecule has 1 aromatic heterocycles. The Morgan fingerprint density at radius 1 is 1.16 bits per heavy atom. The third kappa shape index (κ3) is 2.56. The van der Waals surface area contributed by atoms with Crippen molar-refractivity contribution in [2.24, 2.45) is 17.6 Å². The van der Waals surface area contributed by atoms with Gasteiger partial charge in [-0.15, -0.1) is 0 Å². The van der Waals surface area contributed by atoms with Crippen LogP contribution in [0.1, 0.15) is 19.3 Å². The summed E-state index contributed by atoms with van der Waals surface area (Å²) in [5, 5.41) is 5.97. The highest BCUT2D eigenvalue weighted by Crippen LogP contribution is 2.31. The molecule has 19 heavy (non-hydrogen) atoms. The Morgan fingerprint density at radius 2 is 2.00 bits per heavy atom. The molecule has 0 spiro atoms. The normalized spacial score (nSPS) is 22.8. The second-order valence-electron chi connectivity index (χ2n) is 5.45. The van der Waals surface area contributed by atoms with E-state index in [1.54, 1.807) is 0 Å². The second-order valence-corrected chi connectivity index (χ2v) is 5.45. The number of nitrogens with one attached hydrogen (secondary N) is 1. The smallest absolute Gasteiger partial charge is 0.133 e. The zero-order valence-electron chi connectivity index (χ0n) is 11.2. The average molecular weight is 255 g/mol. The van der Waals surface area contributed by atoms with E-state index in [1.165, 1.54) is 30.0 Å². The van der Waals surface area contributed by atoms with Crippen LogP contribution in [0.3, 0.4) is 0 Å². The highest BCUT2D eigenvalue weighted by molar-refractivity contribution is 5.91. The van der Waals surface area contributed by atoms with E-state index in [9.17, 15) is 0 Å². The first-order valence-corrected chi connectivity index (χ1v) is 7.16. The number of benzene rings is 1. The van der Waals surface area contributed by atoms with Crippen molar-refractivity contribution in [1.29, 1.82) is 0 Å². The van der Waals surface area contributed by atoms with Crippen LogP contribution in [0.2, 0.25) is 0 Å². The minimum absolute atomic E-state index is 0.683. The largest absolute Gasteiger partial charge is 0.369 e. The van der Waals surface area contributed by atoms with Crippen LogP contribution in [0.4, 0.5) is 5.82 Å². The van der Waals surface area contributed by atoms with Gasteiger partial charge >= 0.3 is 0 Å². The maximum absolute atomic E-state index is 5.84. The van der Waals surface area contributed by atoms with Crippen LogP contribution < -0.4 is 11.1 Å². The molecular formula is C16H21N3. The fourth-order valence-electron chi connectivity index (χ4n) is 3.18. The molecular weight excluding hydrogens is 234 g/mol. The molecule has 1 saturated carbocycles. The monoisotopic (exact) mass is 255 g/mol. The highest BCUT2D eigenvalue weighted by atomic mass is 15.0. The van der Waals surface area contributed by atoms with Gasteiger partial charge in [-0.1, -0.05) is 30.7 Å². The molecule has 3 heteroatoms. The number of anilines is 1. The molecule has 0 amide bonds. The molecule has 1 fully saturated rings. The van der Waals surface area contributed by atoms with E-state index in [1.807, 2.05) is 6.20 Å². The summed E-state index contributed by atoms with van der Waals surface area (Å²) in [5.41, 5.74) is 5.84. The predicted molar refractivity (Wildman–Crippen MR) is 80.1 cm³/mol. The number of pyridine rings is 1. The maximum Gasteiger partial charge on any atom is 0.133 e. The van der Waals surface area contributed by atoms with Crippen molar-refractivity contribution in [2.45, 2.75) is 19.3 Å². The van der Waals surface area contributed by atoms with Crippen LogP contribution >= 0.6 is 0 Å². The number of hydrogen-bond donors (Lipinski definition) is 2. The van der Waals surface area contributed by atoms with Crippen molar-refractivity contribution >= 4 is 16.6 Å². The number of aromatic nitrogens is 1. The van der Waals surface area contributed by atoms with Gasteiger partial charge in [0, 0.05) is 18.1 Å². The lowest BCUT2D eigenvalue weighted by Crippen LogP contribution is -2.24. The van der Waals surface area contributed by atoms with Crippen molar-refractivity contribution in [3.8, 4) is 0 Å². The summed E-state index contributed by atoms with van der Waals surface area (Å²) < 4.78 is 0. The first-order valence-electron chi connectivity index (χ1n) is 7.16. The summed E-state index contributed by atoms with van der Waals surface area (Å²) in [7, 11) is 0. The summed E-state index contributed by atoms with van der Waals surface area (Å²) in [6.07, 6.45) is 5.77. The SMILES string of the molecule is NCC1CCCC1CNc1nccc2ccccc12. The lowest BCUT2D eigenvalue weighted by molar-refractivity contribution is 0.414. The van der Waals surface area contributed by atoms with Gasteiger partial charge in [-0.3, -0.25) is 0 Å². The van der Waals surface area contributed by atoms with Crippen LogP contribution in [0.5, 0.6) is 0 Å². The van der Waals surface area contributed by atoms with E-state index >= 15 is 0 Å². The van der Waals surface area contributed by atoms with Crippen molar-refractivity contribution in [2.75, 3.05) is 18.4 Å². The quantitative estimate of drug-likeness (QED) is 0.883. The topological polar surface area (TPSA) is 50.9 Å². The van der Waals surface area contributed by atoms with Crippen LogP contribution in [0, 0.1) is 11.8 Å². The number of nitrogens with two attached hydrogens (primary N) is 1. The van der Waals surface area contributed by atoms with E-state index in [-0.39, 0.29) is 0 Å². The zero-order valence-corrected chi connectivity index (χ0v) is 11.2. The molecule has 0 bridgehead atoms. The van der Waals surface area contributed by atoms with E-state index in [0.29, 0.717) is 11.8 Å². The Hall–Kier alpha value is -1.61. The number of rotatable bonds is 4. The van der Waals surface area contributed by atoms with E-state index in [0.717, 1.165) is 18.9 Å². The Bertz CT molecular complexity index is 547. The van der Waals surface area contributed by atoms with Gasteiger partial charge in [0.15, 0.2) is 0 Å². The average Bonchev–Trinajstić information content (AvgIpc) is 2.92. The van der Waals surface area contributed by atoms with Gasteiger partial charge in [-0.25, -0.2) is 4.98 Å². The standard InChI is InChI=1S/C16H21N3/c17-10-13-5-3-6-14(13)11-19-16-15-7-2-1-4-12(15)8-9-18-16/h1-2,4,7-9,13-14H,3,5-6,10-11,17H2,(H,18,19). The molecule has 2 atom stereocenters. The number of nitrogens with zero attached hydrogens (tertiary/aromatic N) is 1. The molecule has 0 saturated heterocycles. The summed E-state index contributed by atoms with van der Waals surface area (Å²) >= 11 is 0. The summed E-state index contributed by atoms with van der Waals surface area (Å²) in [4.78, 5) is 4.48. The molecule has 2 unspecified atom stereocenters. The predicted octanol–water partition coefficient (Wildman–Crippen LogP) is 3.02. The zero-order chi connectivity index (χ0) is 13.1. The fraction of sp³-hybridized carbons (Fsp3) is 0.438. The molecule has 0 aliphatic heterocycles. The molecule has 100 valence electrons. The molecule has 0 radical (unpaired) electrons. The Labute approximate surface area is 114 Å².